The molecule has 4 aromatic carbocycles. The Kier molecular flexibility index (Phi) is 10.9. The van der Waals surface area contributed by atoms with Crippen LogP contribution in [0.4, 0.5) is 20.2 Å². The van der Waals surface area contributed by atoms with Crippen LogP contribution >= 0.6 is 11.6 Å². The van der Waals surface area contributed by atoms with E-state index in [1.54, 1.807) is 6.07 Å². The number of phenols is 2. The second-order valence-corrected chi connectivity index (χ2v) is 9.24. The van der Waals surface area contributed by atoms with Crippen molar-refractivity contribution < 1.29 is 38.8 Å². The lowest BCUT2D eigenvalue weighted by atomic mass is 10.1. The molecule has 0 amide bonds. The Morgan fingerprint density at radius 2 is 1.10 bits per heavy atom. The molecule has 0 bridgehead atoms. The van der Waals surface area contributed by atoms with E-state index < -0.39 is 23.6 Å². The second-order valence-electron chi connectivity index (χ2n) is 8.80. The van der Waals surface area contributed by atoms with Gasteiger partial charge in [0, 0.05) is 29.5 Å². The third-order valence-corrected chi connectivity index (χ3v) is 6.09. The fourth-order valence-corrected chi connectivity index (χ4v) is 3.81. The fraction of sp³-hybridized carbons (Fsp3) is 0.133. The van der Waals surface area contributed by atoms with Gasteiger partial charge in [0.25, 0.3) is 0 Å². The monoisotopic (exact) mass is 584 g/mol. The van der Waals surface area contributed by atoms with Crippen molar-refractivity contribution in [3.05, 3.63) is 118 Å². The summed E-state index contributed by atoms with van der Waals surface area (Å²) in [6.45, 7) is 1.07. The zero-order chi connectivity index (χ0) is 29.9. The van der Waals surface area contributed by atoms with Crippen LogP contribution in [0.2, 0.25) is 5.02 Å². The van der Waals surface area contributed by atoms with Gasteiger partial charge in [-0.3, -0.25) is 0 Å². The summed E-state index contributed by atoms with van der Waals surface area (Å²) in [6.07, 6.45) is 1.24. The van der Waals surface area contributed by atoms with E-state index in [2.05, 4.69) is 10.6 Å². The Morgan fingerprint density at radius 1 is 0.634 bits per heavy atom. The lowest BCUT2D eigenvalue weighted by Gasteiger charge is -2.08. The summed E-state index contributed by atoms with van der Waals surface area (Å²) >= 11 is 5.81. The average molecular weight is 585 g/mol. The van der Waals surface area contributed by atoms with Crippen LogP contribution in [-0.2, 0) is 12.8 Å². The number of benzene rings is 4. The van der Waals surface area contributed by atoms with Crippen molar-refractivity contribution in [1.82, 2.24) is 0 Å². The number of aromatic carboxylic acids is 2. The Hall–Kier alpha value is -4.83. The first-order valence-corrected chi connectivity index (χ1v) is 12.7. The topological polar surface area (TPSA) is 139 Å². The molecule has 8 nitrogen and oxygen atoms in total. The normalized spacial score (nSPS) is 10.3. The van der Waals surface area contributed by atoms with E-state index in [0.717, 1.165) is 24.1 Å². The maximum Gasteiger partial charge on any atom is 0.339 e. The van der Waals surface area contributed by atoms with Gasteiger partial charge in [0.2, 0.25) is 0 Å². The molecule has 6 N–H and O–H groups in total. The minimum atomic E-state index is -1.23. The number of carboxylic acids is 2. The maximum atomic E-state index is 13.0. The molecule has 0 unspecified atom stereocenters. The van der Waals surface area contributed by atoms with Gasteiger partial charge in [-0.15, -0.1) is 0 Å². The molecular formula is C30H27ClF2N2O6. The van der Waals surface area contributed by atoms with Gasteiger partial charge >= 0.3 is 11.9 Å². The van der Waals surface area contributed by atoms with E-state index in [4.69, 9.17) is 21.8 Å². The van der Waals surface area contributed by atoms with Gasteiger partial charge in [-0.2, -0.15) is 0 Å². The molecule has 11 heteroatoms. The molecule has 0 saturated heterocycles. The minimum Gasteiger partial charge on any atom is -0.507 e. The molecule has 0 radical (unpaired) electrons. The van der Waals surface area contributed by atoms with Gasteiger partial charge in [0.05, 0.1) is 0 Å². The molecule has 0 aliphatic carbocycles. The smallest absolute Gasteiger partial charge is 0.339 e. The quantitative estimate of drug-likeness (QED) is 0.117. The van der Waals surface area contributed by atoms with Crippen molar-refractivity contribution >= 4 is 34.9 Å². The van der Waals surface area contributed by atoms with Crippen LogP contribution in [0.5, 0.6) is 11.5 Å². The van der Waals surface area contributed by atoms with E-state index in [9.17, 15) is 28.6 Å². The second kappa shape index (κ2) is 14.5. The first-order valence-electron chi connectivity index (χ1n) is 12.3. The Morgan fingerprint density at radius 3 is 1.56 bits per heavy atom. The Bertz CT molecular complexity index is 1520. The van der Waals surface area contributed by atoms with E-state index in [-0.39, 0.29) is 22.6 Å². The van der Waals surface area contributed by atoms with Gasteiger partial charge in [-0.05, 0) is 84.6 Å². The highest BCUT2D eigenvalue weighted by molar-refractivity contribution is 6.30. The zero-order valence-electron chi connectivity index (χ0n) is 21.6. The lowest BCUT2D eigenvalue weighted by Crippen LogP contribution is -2.06. The number of nitrogens with one attached hydrogen (secondary N) is 2. The summed E-state index contributed by atoms with van der Waals surface area (Å²) in [5, 5.41) is 43.4. The van der Waals surface area contributed by atoms with E-state index in [1.165, 1.54) is 36.4 Å². The summed E-state index contributed by atoms with van der Waals surface area (Å²) in [5.74, 6) is -4.71. The number of aromatic hydroxyl groups is 2. The summed E-state index contributed by atoms with van der Waals surface area (Å²) in [7, 11) is 0. The molecule has 0 aromatic heterocycles. The molecule has 0 spiro atoms. The van der Waals surface area contributed by atoms with Crippen LogP contribution in [0.25, 0.3) is 0 Å². The maximum absolute atomic E-state index is 13.0. The summed E-state index contributed by atoms with van der Waals surface area (Å²) < 4.78 is 25.8. The fourth-order valence-electron chi connectivity index (χ4n) is 3.68. The van der Waals surface area contributed by atoms with Crippen molar-refractivity contribution in [2.75, 3.05) is 23.7 Å². The van der Waals surface area contributed by atoms with Crippen molar-refractivity contribution in [2.24, 2.45) is 0 Å². The van der Waals surface area contributed by atoms with Crippen LogP contribution in [0, 0.1) is 11.6 Å². The lowest BCUT2D eigenvalue weighted by molar-refractivity contribution is 0.0682. The molecule has 0 aliphatic heterocycles. The van der Waals surface area contributed by atoms with Gasteiger partial charge < -0.3 is 31.1 Å². The largest absolute Gasteiger partial charge is 0.507 e. The van der Waals surface area contributed by atoms with Crippen LogP contribution in [-0.4, -0.2) is 45.5 Å². The highest BCUT2D eigenvalue weighted by Crippen LogP contribution is 2.22. The zero-order valence-corrected chi connectivity index (χ0v) is 22.3. The molecule has 0 fully saturated rings. The highest BCUT2D eigenvalue weighted by Gasteiger charge is 2.11. The van der Waals surface area contributed by atoms with Crippen molar-refractivity contribution in [2.45, 2.75) is 12.8 Å². The van der Waals surface area contributed by atoms with Crippen LogP contribution in [0.3, 0.4) is 0 Å². The summed E-state index contributed by atoms with van der Waals surface area (Å²) in [4.78, 5) is 21.8. The number of hydrogen-bond donors (Lipinski definition) is 6. The number of carboxylic acid groups (broad SMARTS) is 2. The molecule has 214 valence electrons. The Balaban J connectivity index is 0.000000226. The molecule has 4 aromatic rings. The number of anilines is 2. The van der Waals surface area contributed by atoms with Gasteiger partial charge in [0.15, 0.2) is 11.6 Å². The summed E-state index contributed by atoms with van der Waals surface area (Å²) in [5.41, 5.74) is 2.63. The van der Waals surface area contributed by atoms with E-state index in [1.807, 2.05) is 24.3 Å². The molecule has 0 aliphatic rings. The van der Waals surface area contributed by atoms with Crippen LogP contribution in [0.1, 0.15) is 31.8 Å². The van der Waals surface area contributed by atoms with Gasteiger partial charge in [-0.25, -0.2) is 18.4 Å². The van der Waals surface area contributed by atoms with Gasteiger partial charge in [0.1, 0.15) is 22.6 Å². The standard InChI is InChI=1S/C15H14ClNO3.C15H13F2NO3/c16-11-3-1-10(2-4-11)7-8-17-12-5-6-14(18)13(9-12)15(19)20;16-12-3-1-9(7-13(12)17)5-6-18-10-2-4-14(19)11(8-10)15(20)21/h1-6,9,17-18H,7-8H2,(H,19,20);1-4,7-8,18-19H,5-6H2,(H,20,21). The molecule has 41 heavy (non-hydrogen) atoms. The first kappa shape index (κ1) is 30.7. The van der Waals surface area contributed by atoms with Gasteiger partial charge in [-0.1, -0.05) is 29.8 Å². The molecule has 0 saturated carbocycles. The number of hydrogen-bond acceptors (Lipinski definition) is 6. The third kappa shape index (κ3) is 9.40. The van der Waals surface area contributed by atoms with Crippen molar-refractivity contribution in [3.63, 3.8) is 0 Å². The minimum absolute atomic E-state index is 0.110. The Labute approximate surface area is 239 Å². The predicted octanol–water partition coefficient (Wildman–Crippen LogP) is 6.42. The highest BCUT2D eigenvalue weighted by atomic mass is 35.5. The van der Waals surface area contributed by atoms with E-state index >= 15 is 0 Å². The SMILES string of the molecule is O=C(O)c1cc(NCCc2ccc(Cl)cc2)ccc1O.O=C(O)c1cc(NCCc2ccc(F)c(F)c2)ccc1O. The first-order chi connectivity index (χ1) is 19.5. The average Bonchev–Trinajstić information content (AvgIpc) is 2.93. The molecule has 0 heterocycles. The van der Waals surface area contributed by atoms with Crippen LogP contribution in [0.15, 0.2) is 78.9 Å². The number of carbonyl (C=O) groups is 2. The predicted molar refractivity (Wildman–Crippen MR) is 152 cm³/mol. The molecule has 0 atom stereocenters. The van der Waals surface area contributed by atoms with Crippen LogP contribution < -0.4 is 10.6 Å². The number of halogens is 3. The van der Waals surface area contributed by atoms with Crippen molar-refractivity contribution in [1.29, 1.82) is 0 Å². The number of rotatable bonds is 10. The summed E-state index contributed by atoms with van der Waals surface area (Å²) in [6, 6.07) is 19.8. The van der Waals surface area contributed by atoms with Crippen molar-refractivity contribution in [3.8, 4) is 11.5 Å². The third-order valence-electron chi connectivity index (χ3n) is 5.84. The molecular weight excluding hydrogens is 558 g/mol. The molecule has 4 rings (SSSR count). The van der Waals surface area contributed by atoms with E-state index in [0.29, 0.717) is 41.5 Å².